The number of unbranched alkanes of at least 4 members (excludes halogenated alkanes) is 24. The molecule has 0 atom stereocenters. The summed E-state index contributed by atoms with van der Waals surface area (Å²) in [6.07, 6.45) is 50.8. The van der Waals surface area contributed by atoms with E-state index in [2.05, 4.69) is 233 Å². The number of rotatable bonds is 43. The smallest absolute Gasteiger partial charge is 0.0215 e. The van der Waals surface area contributed by atoms with Crippen molar-refractivity contribution in [3.05, 3.63) is 199 Å². The second kappa shape index (κ2) is 35.9. The molecule has 2 heteroatoms. The van der Waals surface area contributed by atoms with Crippen LogP contribution < -0.4 is 0 Å². The van der Waals surface area contributed by atoms with Gasteiger partial charge in [-0.1, -0.05) is 378 Å². The molecule has 0 nitrogen and oxygen atoms in total. The lowest BCUT2D eigenvalue weighted by molar-refractivity contribution is 0.400. The summed E-state index contributed by atoms with van der Waals surface area (Å²) >= 11 is 8.01. The molecule has 0 aromatic heterocycles. The minimum atomic E-state index is -0.0631. The second-order valence-corrected chi connectivity index (χ2v) is 34.6. The van der Waals surface area contributed by atoms with Gasteiger partial charge in [0.2, 0.25) is 0 Å². The molecule has 0 heterocycles. The van der Waals surface area contributed by atoms with Crippen LogP contribution in [0.5, 0.6) is 0 Å². The summed E-state index contributed by atoms with van der Waals surface area (Å²) in [6, 6.07) is 61.5. The van der Waals surface area contributed by atoms with Gasteiger partial charge in [-0.2, -0.15) is 0 Å². The molecule has 4 aliphatic rings. The van der Waals surface area contributed by atoms with E-state index in [0.717, 1.165) is 0 Å². The highest BCUT2D eigenvalue weighted by atomic mass is 79.9. The maximum Gasteiger partial charge on any atom is 0.0215 e. The summed E-state index contributed by atoms with van der Waals surface area (Å²) in [5, 5.41) is 0. The topological polar surface area (TPSA) is 0 Å². The van der Waals surface area contributed by atoms with Gasteiger partial charge in [0.05, 0.1) is 0 Å². The Balaban J connectivity index is 0.963. The zero-order chi connectivity index (χ0) is 71.1. The number of fused-ring (bicyclic) bond motifs is 12. The van der Waals surface area contributed by atoms with Crippen LogP contribution in [0.25, 0.3) is 77.9 Å². The van der Waals surface area contributed by atoms with E-state index in [1.165, 1.54) is 344 Å². The van der Waals surface area contributed by atoms with E-state index >= 15 is 0 Å². The number of halogens is 2. The minimum absolute atomic E-state index is 0.0218. The molecule has 0 N–H and O–H groups in total. The molecule has 0 unspecified atom stereocenters. The number of benzene rings is 8. The average molecular weight is 1490 g/mol. The average Bonchev–Trinajstić information content (AvgIpc) is 1.57. The lowest BCUT2D eigenvalue weighted by Gasteiger charge is -2.34. The summed E-state index contributed by atoms with van der Waals surface area (Å²) in [5.41, 5.74) is 32.8. The zero-order valence-corrected chi connectivity index (χ0v) is 68.1. The summed E-state index contributed by atoms with van der Waals surface area (Å²) in [6.45, 7) is 19.0. The van der Waals surface area contributed by atoms with Crippen molar-refractivity contribution < 1.29 is 0 Å². The van der Waals surface area contributed by atoms with E-state index < -0.39 is 0 Å². The van der Waals surface area contributed by atoms with E-state index in [1.54, 1.807) is 44.5 Å². The van der Waals surface area contributed by atoms with Crippen LogP contribution in [0.2, 0.25) is 0 Å². The van der Waals surface area contributed by atoms with Crippen LogP contribution in [0.4, 0.5) is 0 Å². The number of hydrogen-bond acceptors (Lipinski definition) is 0. The van der Waals surface area contributed by atoms with Gasteiger partial charge in [0.1, 0.15) is 0 Å². The Kier molecular flexibility index (Phi) is 26.9. The molecular formula is C100H128Br2. The molecule has 8 aromatic rings. The van der Waals surface area contributed by atoms with E-state index in [1.807, 2.05) is 0 Å². The van der Waals surface area contributed by atoms with Crippen molar-refractivity contribution >= 4 is 31.9 Å². The SMILES string of the molecule is CCCCCCC1(CCCCCC)c2cc(Br)ccc2-c2ccc(-c3ccc4c(c3)C(CCCCCC)(CCCCCC)c3cc(-c5ccc6c(c5)C(CCCCCC)(CCCCCC)c5cc(-c7ccc8c(c7)C(CCCCCC)(CCCCCC)c7cc(Br)ccc7-8)ccc5-6)ccc3-4)cc21. The fourth-order valence-corrected chi connectivity index (χ4v) is 21.2. The molecule has 102 heavy (non-hydrogen) atoms. The Bertz CT molecular complexity index is 3760. The Labute approximate surface area is 638 Å². The van der Waals surface area contributed by atoms with Crippen LogP contribution >= 0.6 is 31.9 Å². The van der Waals surface area contributed by atoms with Crippen molar-refractivity contribution in [2.75, 3.05) is 0 Å². The van der Waals surface area contributed by atoms with Gasteiger partial charge >= 0.3 is 0 Å². The summed E-state index contributed by atoms with van der Waals surface area (Å²) in [7, 11) is 0. The quantitative estimate of drug-likeness (QED) is 0.0334. The molecule has 0 radical (unpaired) electrons. The molecule has 0 amide bonds. The van der Waals surface area contributed by atoms with Gasteiger partial charge < -0.3 is 0 Å². The largest absolute Gasteiger partial charge is 0.0654 e. The summed E-state index contributed by atoms with van der Waals surface area (Å²) in [5.74, 6) is 0. The molecule has 4 aliphatic carbocycles. The first kappa shape index (κ1) is 76.4. The lowest BCUT2D eigenvalue weighted by atomic mass is 9.69. The molecule has 0 spiro atoms. The van der Waals surface area contributed by atoms with Crippen molar-refractivity contribution in [3.8, 4) is 77.9 Å². The molecule has 0 aliphatic heterocycles. The fraction of sp³-hybridized carbons (Fsp3) is 0.520. The standard InChI is InChI=1S/C100H128Br2/c1-9-17-25-33-57-97(58-34-26-18-10-2)89-65-73(41-49-81(89)83-51-43-75(67-91(83)97)77-45-53-85-87-55-47-79(101)71-95(87)99(93(85)69-77,61-37-29-21-13-5)62-38-30-22-14-6)74-42-50-82-84-52-44-76(68-92(84)98(90(82)66-74,59-35-27-19-11-3)60-36-28-20-12-4)78-46-54-86-88-56-48-80(102)72-96(88)100(94(86)70-78,63-39-31-23-15-7)64-40-32-24-16-8/h41-56,65-72H,9-40,57-64H2,1-8H3. The normalized spacial score (nSPS) is 14.9. The molecule has 0 fully saturated rings. The minimum Gasteiger partial charge on any atom is -0.0654 e. The highest BCUT2D eigenvalue weighted by Gasteiger charge is 2.48. The van der Waals surface area contributed by atoms with Gasteiger partial charge in [-0.05, 0) is 234 Å². The van der Waals surface area contributed by atoms with Gasteiger partial charge in [0, 0.05) is 30.6 Å². The number of hydrogen-bond donors (Lipinski definition) is 0. The Morgan fingerprint density at radius 2 is 0.324 bits per heavy atom. The summed E-state index contributed by atoms with van der Waals surface area (Å²) in [4.78, 5) is 0. The van der Waals surface area contributed by atoms with Crippen LogP contribution in [0.15, 0.2) is 155 Å². The van der Waals surface area contributed by atoms with Crippen molar-refractivity contribution in [3.63, 3.8) is 0 Å². The van der Waals surface area contributed by atoms with Gasteiger partial charge in [-0.15, -0.1) is 0 Å². The highest BCUT2D eigenvalue weighted by molar-refractivity contribution is 9.10. The maximum atomic E-state index is 4.00. The fourth-order valence-electron chi connectivity index (χ4n) is 20.5. The predicted octanol–water partition coefficient (Wildman–Crippen LogP) is 33.0. The lowest BCUT2D eigenvalue weighted by Crippen LogP contribution is -2.26. The summed E-state index contributed by atoms with van der Waals surface area (Å²) < 4.78 is 2.43. The van der Waals surface area contributed by atoms with Gasteiger partial charge in [0.25, 0.3) is 0 Å². The molecule has 0 saturated heterocycles. The predicted molar refractivity (Wildman–Crippen MR) is 453 cm³/mol. The van der Waals surface area contributed by atoms with Gasteiger partial charge in [-0.25, -0.2) is 0 Å². The third kappa shape index (κ3) is 15.6. The molecular weight excluding hydrogens is 1360 g/mol. The van der Waals surface area contributed by atoms with E-state index in [4.69, 9.17) is 0 Å². The first-order valence-electron chi connectivity index (χ1n) is 42.5. The van der Waals surface area contributed by atoms with Crippen LogP contribution in [0, 0.1) is 0 Å². The third-order valence-electron chi connectivity index (χ3n) is 26.0. The van der Waals surface area contributed by atoms with Crippen molar-refractivity contribution in [1.29, 1.82) is 0 Å². The van der Waals surface area contributed by atoms with E-state index in [-0.39, 0.29) is 21.7 Å². The monoisotopic (exact) mass is 1490 g/mol. The molecule has 12 rings (SSSR count). The highest BCUT2D eigenvalue weighted by Crippen LogP contribution is 2.62. The third-order valence-corrected chi connectivity index (χ3v) is 27.0. The van der Waals surface area contributed by atoms with Crippen molar-refractivity contribution in [2.45, 2.75) is 334 Å². The van der Waals surface area contributed by atoms with Crippen LogP contribution in [0.3, 0.4) is 0 Å². The van der Waals surface area contributed by atoms with Crippen molar-refractivity contribution in [2.24, 2.45) is 0 Å². The molecule has 0 saturated carbocycles. The van der Waals surface area contributed by atoms with Crippen molar-refractivity contribution in [1.82, 2.24) is 0 Å². The van der Waals surface area contributed by atoms with Crippen LogP contribution in [-0.4, -0.2) is 0 Å². The van der Waals surface area contributed by atoms with E-state index in [9.17, 15) is 0 Å². The first-order chi connectivity index (χ1) is 50.0. The maximum absolute atomic E-state index is 4.00. The first-order valence-corrected chi connectivity index (χ1v) is 44.1. The van der Waals surface area contributed by atoms with E-state index in [0.29, 0.717) is 0 Å². The molecule has 0 bridgehead atoms. The van der Waals surface area contributed by atoms with Crippen LogP contribution in [-0.2, 0) is 21.7 Å². The van der Waals surface area contributed by atoms with Gasteiger partial charge in [0.15, 0.2) is 0 Å². The second-order valence-electron chi connectivity index (χ2n) is 32.8. The van der Waals surface area contributed by atoms with Crippen LogP contribution in [0.1, 0.15) is 357 Å². The van der Waals surface area contributed by atoms with Gasteiger partial charge in [-0.3, -0.25) is 0 Å². The Morgan fingerprint density at radius 1 is 0.176 bits per heavy atom. The Morgan fingerprint density at radius 3 is 0.480 bits per heavy atom. The molecule has 542 valence electrons. The Hall–Kier alpha value is -5.28. The molecule has 8 aromatic carbocycles. The zero-order valence-electron chi connectivity index (χ0n) is 64.9.